The van der Waals surface area contributed by atoms with E-state index in [4.69, 9.17) is 0 Å². The molecule has 1 N–H and O–H groups in total. The predicted octanol–water partition coefficient (Wildman–Crippen LogP) is 5.32. The Hall–Kier alpha value is -4.25. The third-order valence-electron chi connectivity index (χ3n) is 4.93. The van der Waals surface area contributed by atoms with Crippen LogP contribution in [0.25, 0.3) is 28.2 Å². The van der Waals surface area contributed by atoms with Crippen LogP contribution in [0.15, 0.2) is 104 Å². The second-order valence-corrected chi connectivity index (χ2v) is 6.93. The van der Waals surface area contributed by atoms with E-state index in [2.05, 4.69) is 27.4 Å². The Kier molecular flexibility index (Phi) is 4.54. The van der Waals surface area contributed by atoms with Crippen molar-refractivity contribution >= 4 is 17.4 Å². The summed E-state index contributed by atoms with van der Waals surface area (Å²) in [6.07, 6.45) is 5.57. The summed E-state index contributed by atoms with van der Waals surface area (Å²) < 4.78 is 1.88. The standard InChI is InChI=1S/C25H18N4O/c30-24(21-9-7-19(8-10-21)18-5-2-1-3-6-18)27-22-13-11-20(12-14-22)23-17-29-16-4-15-26-25(29)28-23/h1-17H,(H,27,30). The van der Waals surface area contributed by atoms with Gasteiger partial charge in [0.1, 0.15) is 0 Å². The highest BCUT2D eigenvalue weighted by molar-refractivity contribution is 6.04. The number of amides is 1. The van der Waals surface area contributed by atoms with Crippen LogP contribution in [0.1, 0.15) is 10.4 Å². The molecule has 0 saturated heterocycles. The minimum atomic E-state index is -0.140. The Bertz CT molecular complexity index is 1270. The maximum Gasteiger partial charge on any atom is 0.255 e. The molecular formula is C25H18N4O. The van der Waals surface area contributed by atoms with Crippen LogP contribution in [0.4, 0.5) is 5.69 Å². The molecule has 144 valence electrons. The van der Waals surface area contributed by atoms with Crippen molar-refractivity contribution in [1.29, 1.82) is 0 Å². The Morgan fingerprint density at radius 3 is 2.20 bits per heavy atom. The number of nitrogens with zero attached hydrogens (tertiary/aromatic N) is 3. The Morgan fingerprint density at radius 2 is 1.47 bits per heavy atom. The quantitative estimate of drug-likeness (QED) is 0.452. The highest BCUT2D eigenvalue weighted by Gasteiger charge is 2.08. The van der Waals surface area contributed by atoms with Crippen molar-refractivity contribution < 1.29 is 4.79 Å². The van der Waals surface area contributed by atoms with Gasteiger partial charge in [-0.05, 0) is 41.5 Å². The van der Waals surface area contributed by atoms with Gasteiger partial charge >= 0.3 is 0 Å². The number of nitrogens with one attached hydrogen (secondary N) is 1. The smallest absolute Gasteiger partial charge is 0.255 e. The number of fused-ring (bicyclic) bond motifs is 1. The van der Waals surface area contributed by atoms with E-state index in [9.17, 15) is 4.79 Å². The Balaban J connectivity index is 1.30. The average molecular weight is 390 g/mol. The van der Waals surface area contributed by atoms with E-state index < -0.39 is 0 Å². The Morgan fingerprint density at radius 1 is 0.767 bits per heavy atom. The average Bonchev–Trinajstić information content (AvgIpc) is 3.25. The van der Waals surface area contributed by atoms with Crippen molar-refractivity contribution in [3.05, 3.63) is 109 Å². The number of hydrogen-bond donors (Lipinski definition) is 1. The van der Waals surface area contributed by atoms with Crippen LogP contribution < -0.4 is 5.32 Å². The fourth-order valence-corrected chi connectivity index (χ4v) is 3.34. The van der Waals surface area contributed by atoms with Gasteiger partial charge in [0.2, 0.25) is 5.78 Å². The molecule has 5 aromatic rings. The van der Waals surface area contributed by atoms with Crippen LogP contribution in [0.3, 0.4) is 0 Å². The number of benzene rings is 3. The second kappa shape index (κ2) is 7.64. The summed E-state index contributed by atoms with van der Waals surface area (Å²) >= 11 is 0. The number of anilines is 1. The first kappa shape index (κ1) is 17.8. The molecule has 2 heterocycles. The maximum absolute atomic E-state index is 12.6. The van der Waals surface area contributed by atoms with Crippen molar-refractivity contribution in [2.75, 3.05) is 5.32 Å². The van der Waals surface area contributed by atoms with Crippen molar-refractivity contribution in [2.45, 2.75) is 0 Å². The summed E-state index contributed by atoms with van der Waals surface area (Å²) in [7, 11) is 0. The van der Waals surface area contributed by atoms with E-state index >= 15 is 0 Å². The summed E-state index contributed by atoms with van der Waals surface area (Å²) in [5.74, 6) is 0.517. The molecular weight excluding hydrogens is 372 g/mol. The monoisotopic (exact) mass is 390 g/mol. The molecule has 0 aliphatic carbocycles. The van der Waals surface area contributed by atoms with Gasteiger partial charge in [-0.15, -0.1) is 0 Å². The molecule has 0 bridgehead atoms. The number of aromatic nitrogens is 3. The van der Waals surface area contributed by atoms with E-state index in [1.807, 2.05) is 89.6 Å². The molecule has 2 aromatic heterocycles. The lowest BCUT2D eigenvalue weighted by Gasteiger charge is -2.07. The topological polar surface area (TPSA) is 59.3 Å². The van der Waals surface area contributed by atoms with Crippen LogP contribution in [-0.2, 0) is 0 Å². The molecule has 5 nitrogen and oxygen atoms in total. The minimum absolute atomic E-state index is 0.140. The summed E-state index contributed by atoms with van der Waals surface area (Å²) in [6, 6.07) is 27.2. The van der Waals surface area contributed by atoms with Crippen molar-refractivity contribution in [1.82, 2.24) is 14.4 Å². The van der Waals surface area contributed by atoms with Crippen molar-refractivity contribution in [2.24, 2.45) is 0 Å². The van der Waals surface area contributed by atoms with Gasteiger partial charge in [-0.3, -0.25) is 9.20 Å². The second-order valence-electron chi connectivity index (χ2n) is 6.93. The number of carbonyl (C=O) groups excluding carboxylic acids is 1. The molecule has 0 unspecified atom stereocenters. The van der Waals surface area contributed by atoms with Crippen LogP contribution in [-0.4, -0.2) is 20.3 Å². The third kappa shape index (κ3) is 3.56. The van der Waals surface area contributed by atoms with Gasteiger partial charge < -0.3 is 5.32 Å². The van der Waals surface area contributed by atoms with Crippen LogP contribution in [0, 0.1) is 0 Å². The Labute approximate surface area is 173 Å². The van der Waals surface area contributed by atoms with Gasteiger partial charge in [0, 0.05) is 35.4 Å². The van der Waals surface area contributed by atoms with E-state index in [1.165, 1.54) is 0 Å². The van der Waals surface area contributed by atoms with E-state index in [-0.39, 0.29) is 5.91 Å². The molecule has 30 heavy (non-hydrogen) atoms. The van der Waals surface area contributed by atoms with Crippen LogP contribution in [0.5, 0.6) is 0 Å². The van der Waals surface area contributed by atoms with Crippen LogP contribution >= 0.6 is 0 Å². The maximum atomic E-state index is 12.6. The van der Waals surface area contributed by atoms with Crippen molar-refractivity contribution in [3.8, 4) is 22.4 Å². The van der Waals surface area contributed by atoms with Gasteiger partial charge in [-0.2, -0.15) is 0 Å². The van der Waals surface area contributed by atoms with Gasteiger partial charge in [0.05, 0.1) is 5.69 Å². The summed E-state index contributed by atoms with van der Waals surface area (Å²) in [6.45, 7) is 0. The number of rotatable bonds is 4. The molecule has 0 aliphatic heterocycles. The highest BCUT2D eigenvalue weighted by atomic mass is 16.1. The summed E-state index contributed by atoms with van der Waals surface area (Å²) in [5.41, 5.74) is 5.36. The molecule has 0 fully saturated rings. The third-order valence-corrected chi connectivity index (χ3v) is 4.93. The summed E-state index contributed by atoms with van der Waals surface area (Å²) in [4.78, 5) is 21.4. The van der Waals surface area contributed by atoms with Gasteiger partial charge in [0.15, 0.2) is 0 Å². The molecule has 0 aliphatic rings. The number of carbonyl (C=O) groups is 1. The first-order chi connectivity index (χ1) is 14.8. The lowest BCUT2D eigenvalue weighted by molar-refractivity contribution is 0.102. The van der Waals surface area contributed by atoms with Gasteiger partial charge in [-0.1, -0.05) is 54.6 Å². The lowest BCUT2D eigenvalue weighted by Crippen LogP contribution is -2.11. The lowest BCUT2D eigenvalue weighted by atomic mass is 10.0. The van der Waals surface area contributed by atoms with E-state index in [0.29, 0.717) is 11.3 Å². The molecule has 3 aromatic carbocycles. The normalized spacial score (nSPS) is 10.8. The zero-order chi connectivity index (χ0) is 20.3. The molecule has 0 saturated carbocycles. The molecule has 5 rings (SSSR count). The fourth-order valence-electron chi connectivity index (χ4n) is 3.34. The van der Waals surface area contributed by atoms with E-state index in [1.54, 1.807) is 6.20 Å². The first-order valence-electron chi connectivity index (χ1n) is 9.63. The fraction of sp³-hybridized carbons (Fsp3) is 0. The molecule has 1 amide bonds. The highest BCUT2D eigenvalue weighted by Crippen LogP contribution is 2.22. The van der Waals surface area contributed by atoms with Crippen LogP contribution in [0.2, 0.25) is 0 Å². The first-order valence-corrected chi connectivity index (χ1v) is 9.63. The molecule has 0 spiro atoms. The summed E-state index contributed by atoms with van der Waals surface area (Å²) in [5, 5.41) is 2.95. The number of imidazole rings is 1. The molecule has 0 atom stereocenters. The van der Waals surface area contributed by atoms with E-state index in [0.717, 1.165) is 28.1 Å². The van der Waals surface area contributed by atoms with Crippen molar-refractivity contribution in [3.63, 3.8) is 0 Å². The zero-order valence-electron chi connectivity index (χ0n) is 16.1. The van der Waals surface area contributed by atoms with Gasteiger partial charge in [-0.25, -0.2) is 9.97 Å². The zero-order valence-corrected chi connectivity index (χ0v) is 16.1. The molecule has 0 radical (unpaired) electrons. The molecule has 5 heteroatoms. The minimum Gasteiger partial charge on any atom is -0.322 e. The predicted molar refractivity (Wildman–Crippen MR) is 118 cm³/mol. The largest absolute Gasteiger partial charge is 0.322 e. The van der Waals surface area contributed by atoms with Gasteiger partial charge in [0.25, 0.3) is 5.91 Å². The number of hydrogen-bond acceptors (Lipinski definition) is 3. The SMILES string of the molecule is O=C(Nc1ccc(-c2cn3cccnc3n2)cc1)c1ccc(-c2ccccc2)cc1.